The summed E-state index contributed by atoms with van der Waals surface area (Å²) in [4.78, 5) is 18.0. The van der Waals surface area contributed by atoms with Gasteiger partial charge in [0.1, 0.15) is 5.78 Å². The number of aromatic amines is 1. The number of likely N-dealkylation sites (tertiary alicyclic amines) is 1. The molecule has 26 heavy (non-hydrogen) atoms. The number of piperidine rings is 1. The van der Waals surface area contributed by atoms with Gasteiger partial charge in [0.05, 0.1) is 12.0 Å². The molecule has 0 amide bonds. The number of nitrogens with zero attached hydrogens (tertiary/aromatic N) is 1. The second kappa shape index (κ2) is 8.14. The molecule has 5 nitrogen and oxygen atoms in total. The van der Waals surface area contributed by atoms with E-state index >= 15 is 0 Å². The summed E-state index contributed by atoms with van der Waals surface area (Å²) in [6.07, 6.45) is 3.44. The van der Waals surface area contributed by atoms with E-state index in [1.807, 2.05) is 31.2 Å². The lowest BCUT2D eigenvalue weighted by Gasteiger charge is -2.29. The van der Waals surface area contributed by atoms with Crippen molar-refractivity contribution in [2.75, 3.05) is 19.6 Å². The van der Waals surface area contributed by atoms with Gasteiger partial charge < -0.3 is 20.4 Å². The maximum atomic E-state index is 12.3. The van der Waals surface area contributed by atoms with Crippen molar-refractivity contribution in [3.8, 4) is 0 Å². The topological polar surface area (TPSA) is 80.2 Å². The molecule has 0 aliphatic carbocycles. The number of rotatable bonds is 7. The minimum Gasteiger partial charge on any atom is -0.387 e. The number of fused-ring (bicyclic) bond motifs is 1. The second-order valence-corrected chi connectivity index (χ2v) is 7.30. The first-order chi connectivity index (χ1) is 12.5. The molecule has 0 radical (unpaired) electrons. The van der Waals surface area contributed by atoms with Crippen LogP contribution in [0.15, 0.2) is 24.3 Å². The number of Topliss-reactive ketones (excluding diaryl/α,β-unsaturated/α-hetero) is 1. The molecule has 1 saturated heterocycles. The van der Waals surface area contributed by atoms with E-state index in [-0.39, 0.29) is 5.78 Å². The van der Waals surface area contributed by atoms with Gasteiger partial charge in [-0.1, -0.05) is 31.5 Å². The molecule has 3 rings (SSSR count). The van der Waals surface area contributed by atoms with Gasteiger partial charge >= 0.3 is 0 Å². The fourth-order valence-corrected chi connectivity index (χ4v) is 4.08. The Hall–Kier alpha value is -1.98. The van der Waals surface area contributed by atoms with Crippen molar-refractivity contribution in [1.29, 1.82) is 5.41 Å². The van der Waals surface area contributed by atoms with Crippen LogP contribution >= 0.6 is 0 Å². The molecule has 1 aliphatic rings. The number of para-hydroxylation sites is 1. The minimum absolute atomic E-state index is 0.0603. The van der Waals surface area contributed by atoms with E-state index in [0.29, 0.717) is 24.4 Å². The van der Waals surface area contributed by atoms with Gasteiger partial charge in [-0.3, -0.25) is 4.79 Å². The third-order valence-corrected chi connectivity index (χ3v) is 5.41. The van der Waals surface area contributed by atoms with Gasteiger partial charge in [0.2, 0.25) is 0 Å². The number of nitrogens with one attached hydrogen (secondary N) is 2. The van der Waals surface area contributed by atoms with Crippen molar-refractivity contribution in [2.45, 2.75) is 51.6 Å². The number of aromatic nitrogens is 1. The van der Waals surface area contributed by atoms with E-state index < -0.39 is 12.0 Å². The average Bonchev–Trinajstić information content (AvgIpc) is 3.01. The summed E-state index contributed by atoms with van der Waals surface area (Å²) in [6, 6.07) is 7.84. The van der Waals surface area contributed by atoms with Gasteiger partial charge in [0.25, 0.3) is 0 Å². The predicted molar refractivity (Wildman–Crippen MR) is 105 cm³/mol. The fraction of sp³-hybridized carbons (Fsp3) is 0.524. The number of β-amino-alcohol motifs (C(OH)–C–C–N with tert-alkyl or cyclic N) is 1. The summed E-state index contributed by atoms with van der Waals surface area (Å²) in [5, 5.41) is 20.3. The molecule has 0 spiro atoms. The first kappa shape index (κ1) is 18.8. The Balaban J connectivity index is 2.03. The van der Waals surface area contributed by atoms with Crippen molar-refractivity contribution in [1.82, 2.24) is 9.88 Å². The van der Waals surface area contributed by atoms with Crippen LogP contribution in [0.5, 0.6) is 0 Å². The molecule has 2 atom stereocenters. The summed E-state index contributed by atoms with van der Waals surface area (Å²) >= 11 is 0. The van der Waals surface area contributed by atoms with Gasteiger partial charge in [-0.25, -0.2) is 0 Å². The minimum atomic E-state index is -0.675. The molecule has 5 heteroatoms. The second-order valence-electron chi connectivity index (χ2n) is 7.30. The summed E-state index contributed by atoms with van der Waals surface area (Å²) in [5.41, 5.74) is 2.76. The molecule has 2 unspecified atom stereocenters. The zero-order valence-corrected chi connectivity index (χ0v) is 15.7. The molecule has 1 fully saturated rings. The van der Waals surface area contributed by atoms with Crippen molar-refractivity contribution in [3.05, 3.63) is 35.5 Å². The lowest BCUT2D eigenvalue weighted by molar-refractivity contribution is -0.117. The SMILES string of the molecule is CCC(=N)C(C(C)=O)c1[nH]c2ccccc2c1C(O)CN1CCCCC1. The number of H-pyrrole nitrogens is 1. The highest BCUT2D eigenvalue weighted by Gasteiger charge is 2.30. The van der Waals surface area contributed by atoms with Gasteiger partial charge in [-0.05, 0) is 45.3 Å². The highest BCUT2D eigenvalue weighted by Crippen LogP contribution is 2.34. The fourth-order valence-electron chi connectivity index (χ4n) is 4.08. The van der Waals surface area contributed by atoms with Crippen LogP contribution in [0.25, 0.3) is 10.9 Å². The van der Waals surface area contributed by atoms with E-state index in [0.717, 1.165) is 29.6 Å². The molecule has 1 aliphatic heterocycles. The number of hydrogen-bond donors (Lipinski definition) is 3. The molecule has 2 heterocycles. The average molecular weight is 355 g/mol. The van der Waals surface area contributed by atoms with E-state index in [4.69, 9.17) is 5.41 Å². The zero-order valence-electron chi connectivity index (χ0n) is 15.7. The Kier molecular flexibility index (Phi) is 5.89. The molecule has 1 aromatic carbocycles. The quantitative estimate of drug-likeness (QED) is 0.661. The number of ketones is 1. The third-order valence-electron chi connectivity index (χ3n) is 5.41. The Labute approximate surface area is 154 Å². The molecule has 0 bridgehead atoms. The van der Waals surface area contributed by atoms with E-state index in [9.17, 15) is 9.90 Å². The highest BCUT2D eigenvalue weighted by molar-refractivity contribution is 6.08. The van der Waals surface area contributed by atoms with Crippen LogP contribution in [0.2, 0.25) is 0 Å². The largest absolute Gasteiger partial charge is 0.387 e. The number of benzene rings is 1. The summed E-state index contributed by atoms with van der Waals surface area (Å²) in [7, 11) is 0. The highest BCUT2D eigenvalue weighted by atomic mass is 16.3. The lowest BCUT2D eigenvalue weighted by Crippen LogP contribution is -2.34. The van der Waals surface area contributed by atoms with E-state index in [1.165, 1.54) is 26.2 Å². The molecular weight excluding hydrogens is 326 g/mol. The van der Waals surface area contributed by atoms with Gasteiger partial charge in [-0.2, -0.15) is 0 Å². The standard InChI is InChI=1S/C21H29N3O2/c1-3-16(22)19(14(2)25)21-20(15-9-5-6-10-17(15)23-21)18(26)13-24-11-7-4-8-12-24/h5-6,9-10,18-19,22-23,26H,3-4,7-8,11-13H2,1-2H3. The molecular formula is C21H29N3O2. The molecule has 0 saturated carbocycles. The number of hydrogen-bond acceptors (Lipinski definition) is 4. The Morgan fingerprint density at radius 1 is 1.27 bits per heavy atom. The molecule has 140 valence electrons. The van der Waals surface area contributed by atoms with Crippen molar-refractivity contribution in [3.63, 3.8) is 0 Å². The zero-order chi connectivity index (χ0) is 18.7. The van der Waals surface area contributed by atoms with E-state index in [1.54, 1.807) is 0 Å². The van der Waals surface area contributed by atoms with Crippen LogP contribution in [0.1, 0.15) is 62.8 Å². The number of carbonyl (C=O) groups is 1. The third kappa shape index (κ3) is 3.74. The predicted octanol–water partition coefficient (Wildman–Crippen LogP) is 3.79. The van der Waals surface area contributed by atoms with Crippen molar-refractivity contribution < 1.29 is 9.90 Å². The van der Waals surface area contributed by atoms with Crippen LogP contribution in [0.3, 0.4) is 0 Å². The maximum absolute atomic E-state index is 12.3. The van der Waals surface area contributed by atoms with Crippen molar-refractivity contribution in [2.24, 2.45) is 0 Å². The Morgan fingerprint density at radius 2 is 1.96 bits per heavy atom. The van der Waals surface area contributed by atoms with Crippen molar-refractivity contribution >= 4 is 22.4 Å². The monoisotopic (exact) mass is 355 g/mol. The normalized spacial score (nSPS) is 18.0. The molecule has 3 N–H and O–H groups in total. The first-order valence-corrected chi connectivity index (χ1v) is 9.61. The number of aliphatic hydroxyl groups excluding tert-OH is 1. The number of carbonyl (C=O) groups excluding carboxylic acids is 1. The molecule has 2 aromatic rings. The summed E-state index contributed by atoms with van der Waals surface area (Å²) in [6.45, 7) is 6.01. The van der Waals surface area contributed by atoms with Crippen LogP contribution < -0.4 is 0 Å². The summed E-state index contributed by atoms with van der Waals surface area (Å²) < 4.78 is 0. The van der Waals surface area contributed by atoms with Crippen LogP contribution in [-0.4, -0.2) is 46.1 Å². The Morgan fingerprint density at radius 3 is 2.62 bits per heavy atom. The maximum Gasteiger partial charge on any atom is 0.144 e. The van der Waals surface area contributed by atoms with Crippen LogP contribution in [0, 0.1) is 5.41 Å². The van der Waals surface area contributed by atoms with Gasteiger partial charge in [0.15, 0.2) is 0 Å². The smallest absolute Gasteiger partial charge is 0.144 e. The van der Waals surface area contributed by atoms with Crippen LogP contribution in [-0.2, 0) is 4.79 Å². The Bertz CT molecular complexity index is 790. The van der Waals surface area contributed by atoms with Gasteiger partial charge in [0, 0.05) is 34.4 Å². The van der Waals surface area contributed by atoms with Crippen LogP contribution in [0.4, 0.5) is 0 Å². The van der Waals surface area contributed by atoms with E-state index in [2.05, 4.69) is 9.88 Å². The van der Waals surface area contributed by atoms with Gasteiger partial charge in [-0.15, -0.1) is 0 Å². The molecule has 1 aromatic heterocycles. The lowest BCUT2D eigenvalue weighted by atomic mass is 9.89. The summed E-state index contributed by atoms with van der Waals surface area (Å²) in [5.74, 6) is -0.673. The first-order valence-electron chi connectivity index (χ1n) is 9.61. The number of aliphatic hydroxyl groups is 1.